The lowest BCUT2D eigenvalue weighted by molar-refractivity contribution is 0.755. The maximum atomic E-state index is 4.65. The summed E-state index contributed by atoms with van der Waals surface area (Å²) in [5.74, 6) is 1.81. The lowest BCUT2D eigenvalue weighted by Crippen LogP contribution is -2.19. The van der Waals surface area contributed by atoms with Gasteiger partial charge in [-0.25, -0.2) is 4.98 Å². The smallest absolute Gasteiger partial charge is 0.212 e. The van der Waals surface area contributed by atoms with Crippen molar-refractivity contribution in [2.75, 3.05) is 5.32 Å². The summed E-state index contributed by atoms with van der Waals surface area (Å²) in [5.41, 5.74) is 4.75. The van der Waals surface area contributed by atoms with Crippen LogP contribution in [-0.2, 0) is 0 Å². The summed E-state index contributed by atoms with van der Waals surface area (Å²) in [4.78, 5) is 4.65. The maximum absolute atomic E-state index is 4.65. The number of nitrogens with one attached hydrogen (secondary N) is 1. The highest BCUT2D eigenvalue weighted by Crippen LogP contribution is 2.35. The molecule has 1 aromatic rings. The van der Waals surface area contributed by atoms with E-state index in [0.717, 1.165) is 23.8 Å². The molecule has 0 fully saturated rings. The molecule has 0 spiro atoms. The predicted molar refractivity (Wildman–Crippen MR) is 79.5 cm³/mol. The molecule has 0 aromatic carbocycles. The van der Waals surface area contributed by atoms with Crippen LogP contribution < -0.4 is 5.32 Å². The van der Waals surface area contributed by atoms with Crippen LogP contribution in [0.15, 0.2) is 24.0 Å². The predicted octanol–water partition coefficient (Wildman–Crippen LogP) is 4.47. The zero-order chi connectivity index (χ0) is 13.4. The average molecular weight is 247 g/mol. The Morgan fingerprint density at radius 1 is 1.33 bits per heavy atom. The summed E-state index contributed by atoms with van der Waals surface area (Å²) in [5, 5.41) is 3.45. The van der Waals surface area contributed by atoms with E-state index in [0.29, 0.717) is 11.8 Å². The molecule has 1 N–H and O–H groups in total. The summed E-state index contributed by atoms with van der Waals surface area (Å²) in [6.07, 6.45) is 3.08. The van der Waals surface area contributed by atoms with Gasteiger partial charge < -0.3 is 5.32 Å². The highest BCUT2D eigenvalue weighted by molar-refractivity contribution is 5.73. The summed E-state index contributed by atoms with van der Waals surface area (Å²) >= 11 is 0. The number of aromatic nitrogens is 2. The van der Waals surface area contributed by atoms with Gasteiger partial charge in [0.15, 0.2) is 0 Å². The number of imidazole rings is 1. The van der Waals surface area contributed by atoms with Gasteiger partial charge in [-0.1, -0.05) is 41.2 Å². The Morgan fingerprint density at radius 2 is 2.00 bits per heavy atom. The van der Waals surface area contributed by atoms with Crippen LogP contribution in [0.2, 0.25) is 0 Å². The van der Waals surface area contributed by atoms with Crippen molar-refractivity contribution in [1.82, 2.24) is 9.55 Å². The van der Waals surface area contributed by atoms with Crippen LogP contribution in [0.1, 0.15) is 54.1 Å². The van der Waals surface area contributed by atoms with Gasteiger partial charge >= 0.3 is 0 Å². The summed E-state index contributed by atoms with van der Waals surface area (Å²) in [7, 11) is 0. The molecule has 0 atom stereocenters. The van der Waals surface area contributed by atoms with E-state index in [4.69, 9.17) is 0 Å². The van der Waals surface area contributed by atoms with E-state index in [1.165, 1.54) is 11.3 Å². The highest BCUT2D eigenvalue weighted by atomic mass is 15.2. The molecule has 18 heavy (non-hydrogen) atoms. The summed E-state index contributed by atoms with van der Waals surface area (Å²) in [6.45, 7) is 15.2. The number of rotatable bonds is 3. The standard InChI is InChI=1S/C15H23N3.H2/c1-7-12-14(10(4)5)11(6)18-8-13(9(2)3)17-15(18)16-12;/h8-10H,6-7H2,1-5H3,(H,16,17);1H. The van der Waals surface area contributed by atoms with Crippen molar-refractivity contribution < 1.29 is 1.43 Å². The molecule has 0 saturated heterocycles. The topological polar surface area (TPSA) is 29.9 Å². The van der Waals surface area contributed by atoms with Crippen molar-refractivity contribution in [3.8, 4) is 0 Å². The van der Waals surface area contributed by atoms with Crippen molar-refractivity contribution in [2.24, 2.45) is 5.92 Å². The molecule has 0 aliphatic carbocycles. The maximum Gasteiger partial charge on any atom is 0.212 e. The van der Waals surface area contributed by atoms with Crippen LogP contribution in [0.3, 0.4) is 0 Å². The molecular formula is C15H25N3. The number of anilines is 1. The number of allylic oxidation sites excluding steroid dienone is 3. The van der Waals surface area contributed by atoms with Gasteiger partial charge in [0, 0.05) is 19.0 Å². The fourth-order valence-electron chi connectivity index (χ4n) is 2.44. The van der Waals surface area contributed by atoms with Crippen LogP contribution >= 0.6 is 0 Å². The minimum Gasteiger partial charge on any atom is -0.329 e. The Labute approximate surface area is 111 Å². The zero-order valence-electron chi connectivity index (χ0n) is 12.0. The third kappa shape index (κ3) is 1.98. The van der Waals surface area contributed by atoms with Crippen LogP contribution in [0, 0.1) is 5.92 Å². The van der Waals surface area contributed by atoms with Gasteiger partial charge in [-0.15, -0.1) is 0 Å². The van der Waals surface area contributed by atoms with Crippen molar-refractivity contribution in [2.45, 2.75) is 47.0 Å². The fraction of sp³-hybridized carbons (Fsp3) is 0.533. The Balaban J connectivity index is 0.00000180. The van der Waals surface area contributed by atoms with Gasteiger partial charge in [-0.3, -0.25) is 4.57 Å². The van der Waals surface area contributed by atoms with E-state index in [1.54, 1.807) is 0 Å². The zero-order valence-corrected chi connectivity index (χ0v) is 12.0. The Bertz CT molecular complexity index is 509. The van der Waals surface area contributed by atoms with Crippen LogP contribution in [0.4, 0.5) is 5.95 Å². The second kappa shape index (κ2) is 4.63. The number of nitrogens with zero attached hydrogens (tertiary/aromatic N) is 2. The van der Waals surface area contributed by atoms with Crippen molar-refractivity contribution in [1.29, 1.82) is 0 Å². The first kappa shape index (κ1) is 12.9. The van der Waals surface area contributed by atoms with Gasteiger partial charge in [0.2, 0.25) is 5.95 Å². The van der Waals surface area contributed by atoms with E-state index < -0.39 is 0 Å². The Hall–Kier alpha value is -1.51. The number of hydrogen-bond donors (Lipinski definition) is 1. The average Bonchev–Trinajstić information content (AvgIpc) is 2.72. The molecule has 0 saturated carbocycles. The van der Waals surface area contributed by atoms with E-state index >= 15 is 0 Å². The second-order valence-electron chi connectivity index (χ2n) is 5.49. The molecule has 0 amide bonds. The van der Waals surface area contributed by atoms with Gasteiger partial charge in [-0.2, -0.15) is 0 Å². The van der Waals surface area contributed by atoms with Gasteiger partial charge in [0.25, 0.3) is 0 Å². The van der Waals surface area contributed by atoms with Crippen molar-refractivity contribution in [3.05, 3.63) is 29.7 Å². The SMILES string of the molecule is C=C1C(C(C)C)=C(CC)Nc2nc(C(C)C)cn21.[HH]. The minimum atomic E-state index is 0. The van der Waals surface area contributed by atoms with Crippen molar-refractivity contribution >= 4 is 11.6 Å². The second-order valence-corrected chi connectivity index (χ2v) is 5.49. The van der Waals surface area contributed by atoms with Crippen LogP contribution in [0.5, 0.6) is 0 Å². The molecule has 1 aliphatic heterocycles. The normalized spacial score (nSPS) is 15.4. The van der Waals surface area contributed by atoms with Gasteiger partial charge in [0.05, 0.1) is 5.69 Å². The monoisotopic (exact) mass is 247 g/mol. The van der Waals surface area contributed by atoms with Crippen LogP contribution in [0.25, 0.3) is 5.70 Å². The molecule has 2 heterocycles. The lowest BCUT2D eigenvalue weighted by atomic mass is 9.95. The van der Waals surface area contributed by atoms with Gasteiger partial charge in [0.1, 0.15) is 0 Å². The molecule has 0 unspecified atom stereocenters. The van der Waals surface area contributed by atoms with E-state index in [9.17, 15) is 0 Å². The third-order valence-electron chi connectivity index (χ3n) is 3.44. The molecule has 1 aliphatic rings. The largest absolute Gasteiger partial charge is 0.329 e. The summed E-state index contributed by atoms with van der Waals surface area (Å²) in [6, 6.07) is 0. The Morgan fingerprint density at radius 3 is 2.50 bits per heavy atom. The molecule has 3 heteroatoms. The van der Waals surface area contributed by atoms with E-state index in [1.807, 2.05) is 0 Å². The molecule has 0 bridgehead atoms. The quantitative estimate of drug-likeness (QED) is 0.854. The van der Waals surface area contributed by atoms with Crippen LogP contribution in [-0.4, -0.2) is 9.55 Å². The molecule has 100 valence electrons. The number of hydrogen-bond acceptors (Lipinski definition) is 2. The van der Waals surface area contributed by atoms with Crippen molar-refractivity contribution in [3.63, 3.8) is 0 Å². The molecule has 2 rings (SSSR count). The fourth-order valence-corrected chi connectivity index (χ4v) is 2.44. The lowest BCUT2D eigenvalue weighted by Gasteiger charge is -2.27. The third-order valence-corrected chi connectivity index (χ3v) is 3.44. The first-order valence-corrected chi connectivity index (χ1v) is 6.74. The first-order chi connectivity index (χ1) is 8.45. The number of fused-ring (bicyclic) bond motifs is 1. The van der Waals surface area contributed by atoms with E-state index in [-0.39, 0.29) is 1.43 Å². The summed E-state index contributed by atoms with van der Waals surface area (Å²) < 4.78 is 2.09. The molecule has 1 aromatic heterocycles. The van der Waals surface area contributed by atoms with E-state index in [2.05, 4.69) is 62.3 Å². The minimum absolute atomic E-state index is 0. The first-order valence-electron chi connectivity index (χ1n) is 6.74. The van der Waals surface area contributed by atoms with Gasteiger partial charge in [-0.05, 0) is 23.8 Å². The molecular weight excluding hydrogens is 222 g/mol. The molecule has 3 nitrogen and oxygen atoms in total. The highest BCUT2D eigenvalue weighted by Gasteiger charge is 2.24. The Kier molecular flexibility index (Phi) is 3.33. The molecule has 0 radical (unpaired) electrons.